The third-order valence-corrected chi connectivity index (χ3v) is 9.34. The van der Waals surface area contributed by atoms with E-state index in [-0.39, 0.29) is 22.0 Å². The largest absolute Gasteiger partial charge is 0.453 e. The second kappa shape index (κ2) is 10.4. The van der Waals surface area contributed by atoms with Gasteiger partial charge in [0.1, 0.15) is 16.9 Å². The van der Waals surface area contributed by atoms with Crippen LogP contribution in [-0.2, 0) is 32.4 Å². The molecule has 2 heterocycles. The van der Waals surface area contributed by atoms with Gasteiger partial charge in [-0.2, -0.15) is 4.31 Å². The number of alkyl carbamates (subject to hydrolysis) is 1. The molecule has 0 spiro atoms. The number of nitrogens with one attached hydrogen (secondary N) is 2. The molecule has 1 aliphatic carbocycles. The van der Waals surface area contributed by atoms with Gasteiger partial charge in [-0.3, -0.25) is 14.9 Å². The van der Waals surface area contributed by atoms with Gasteiger partial charge in [0.25, 0.3) is 5.91 Å². The number of rotatable bonds is 5. The first-order valence-corrected chi connectivity index (χ1v) is 13.6. The summed E-state index contributed by atoms with van der Waals surface area (Å²) in [5.41, 5.74) is 1.02. The molecule has 2 N–H and O–H groups in total. The Labute approximate surface area is 206 Å². The number of thiophene rings is 1. The summed E-state index contributed by atoms with van der Waals surface area (Å²) < 4.78 is 45.2. The Kier molecular flexibility index (Phi) is 7.53. The zero-order valence-corrected chi connectivity index (χ0v) is 20.8. The summed E-state index contributed by atoms with van der Waals surface area (Å²) in [5.74, 6) is -1.79. The van der Waals surface area contributed by atoms with Crippen LogP contribution < -0.4 is 10.6 Å². The molecule has 2 aliphatic rings. The Morgan fingerprint density at radius 3 is 2.51 bits per heavy atom. The maximum atomic E-state index is 13.3. The number of hydrogen-bond donors (Lipinski definition) is 2. The number of carbonyl (C=O) groups is 3. The van der Waals surface area contributed by atoms with E-state index in [2.05, 4.69) is 15.4 Å². The normalized spacial score (nSPS) is 18.4. The summed E-state index contributed by atoms with van der Waals surface area (Å²) in [6, 6.07) is 3.47. The molecule has 35 heavy (non-hydrogen) atoms. The lowest BCUT2D eigenvalue weighted by atomic mass is 10.0. The summed E-state index contributed by atoms with van der Waals surface area (Å²) >= 11 is 1.28. The molecule has 1 saturated heterocycles. The topological polar surface area (TPSA) is 122 Å². The fraction of sp³-hybridized carbons (Fsp3) is 0.435. The van der Waals surface area contributed by atoms with E-state index >= 15 is 0 Å². The number of carbonyl (C=O) groups excluding carboxylic acids is 3. The molecular formula is C23H26FN3O6S2. The number of hydrogen-bond acceptors (Lipinski definition) is 7. The molecule has 1 unspecified atom stereocenters. The SMILES string of the molecule is COC(=O)NC(=O)c1c(NC(=O)C2CCCN2S(=O)(=O)c2ccc(F)cc2)sc2c1CCCCC2. The van der Waals surface area contributed by atoms with Crippen LogP contribution in [0.4, 0.5) is 14.2 Å². The maximum Gasteiger partial charge on any atom is 0.413 e. The molecule has 0 bridgehead atoms. The zero-order chi connectivity index (χ0) is 25.2. The van der Waals surface area contributed by atoms with E-state index in [1.807, 2.05) is 0 Å². The average molecular weight is 524 g/mol. The van der Waals surface area contributed by atoms with E-state index in [1.165, 1.54) is 23.5 Å². The van der Waals surface area contributed by atoms with Crippen molar-refractivity contribution in [3.8, 4) is 0 Å². The van der Waals surface area contributed by atoms with Crippen molar-refractivity contribution in [3.63, 3.8) is 0 Å². The zero-order valence-electron chi connectivity index (χ0n) is 19.1. The van der Waals surface area contributed by atoms with E-state index in [0.29, 0.717) is 19.3 Å². The lowest BCUT2D eigenvalue weighted by molar-refractivity contribution is -0.119. The van der Waals surface area contributed by atoms with Crippen LogP contribution in [0, 0.1) is 5.82 Å². The Bertz CT molecular complexity index is 1240. The molecule has 0 saturated carbocycles. The van der Waals surface area contributed by atoms with Gasteiger partial charge in [-0.05, 0) is 68.4 Å². The second-order valence-electron chi connectivity index (χ2n) is 8.43. The minimum Gasteiger partial charge on any atom is -0.453 e. The van der Waals surface area contributed by atoms with E-state index in [4.69, 9.17) is 0 Å². The van der Waals surface area contributed by atoms with Crippen molar-refractivity contribution in [1.82, 2.24) is 9.62 Å². The summed E-state index contributed by atoms with van der Waals surface area (Å²) in [6.45, 7) is 0.147. The molecule has 1 aliphatic heterocycles. The summed E-state index contributed by atoms with van der Waals surface area (Å²) in [7, 11) is -2.88. The van der Waals surface area contributed by atoms with Crippen molar-refractivity contribution in [2.24, 2.45) is 0 Å². The highest BCUT2D eigenvalue weighted by atomic mass is 32.2. The van der Waals surface area contributed by atoms with Crippen LogP contribution in [0.3, 0.4) is 0 Å². The third-order valence-electron chi connectivity index (χ3n) is 6.21. The minimum absolute atomic E-state index is 0.0976. The fourth-order valence-electron chi connectivity index (χ4n) is 4.50. The smallest absolute Gasteiger partial charge is 0.413 e. The van der Waals surface area contributed by atoms with Crippen molar-refractivity contribution in [2.75, 3.05) is 19.0 Å². The molecule has 12 heteroatoms. The Morgan fingerprint density at radius 2 is 1.80 bits per heavy atom. The molecule has 9 nitrogen and oxygen atoms in total. The highest BCUT2D eigenvalue weighted by Gasteiger charge is 2.40. The minimum atomic E-state index is -4.03. The van der Waals surface area contributed by atoms with Crippen LogP contribution in [-0.4, -0.2) is 50.3 Å². The number of halogens is 1. The van der Waals surface area contributed by atoms with E-state index < -0.39 is 39.8 Å². The number of fused-ring (bicyclic) bond motifs is 1. The van der Waals surface area contributed by atoms with Gasteiger partial charge >= 0.3 is 6.09 Å². The quantitative estimate of drug-likeness (QED) is 0.579. The standard InChI is InChI=1S/C23H26FN3O6S2/c1-33-23(30)26-21(29)19-16-6-3-2-4-8-18(16)34-22(19)25-20(28)17-7-5-13-27(17)35(31,32)15-11-9-14(24)10-12-15/h9-12,17H,2-8,13H2,1H3,(H,25,28)(H,26,29,30). The van der Waals surface area contributed by atoms with Crippen LogP contribution in [0.25, 0.3) is 0 Å². The molecule has 1 atom stereocenters. The Morgan fingerprint density at radius 1 is 1.09 bits per heavy atom. The first-order valence-electron chi connectivity index (χ1n) is 11.3. The molecule has 1 aromatic heterocycles. The van der Waals surface area contributed by atoms with Crippen LogP contribution in [0.15, 0.2) is 29.2 Å². The van der Waals surface area contributed by atoms with Crippen molar-refractivity contribution in [2.45, 2.75) is 55.9 Å². The first kappa shape index (κ1) is 25.3. The van der Waals surface area contributed by atoms with Crippen LogP contribution in [0.5, 0.6) is 0 Å². The van der Waals surface area contributed by atoms with Crippen LogP contribution in [0.2, 0.25) is 0 Å². The number of amides is 3. The molecule has 4 rings (SSSR count). The van der Waals surface area contributed by atoms with Gasteiger partial charge in [-0.1, -0.05) is 6.42 Å². The maximum absolute atomic E-state index is 13.3. The number of aryl methyl sites for hydroxylation is 1. The van der Waals surface area contributed by atoms with Gasteiger partial charge in [0, 0.05) is 11.4 Å². The van der Waals surface area contributed by atoms with E-state index in [1.54, 1.807) is 0 Å². The number of methoxy groups -OCH3 is 1. The Balaban J connectivity index is 1.62. The molecular weight excluding hydrogens is 497 g/mol. The van der Waals surface area contributed by atoms with Crippen LogP contribution in [0.1, 0.15) is 52.9 Å². The Hall–Kier alpha value is -2.83. The van der Waals surface area contributed by atoms with Gasteiger partial charge in [0.15, 0.2) is 0 Å². The van der Waals surface area contributed by atoms with Crippen molar-refractivity contribution >= 4 is 44.3 Å². The summed E-state index contributed by atoms with van der Waals surface area (Å²) in [4.78, 5) is 38.8. The lowest BCUT2D eigenvalue weighted by Crippen LogP contribution is -2.43. The van der Waals surface area contributed by atoms with Crippen molar-refractivity contribution < 1.29 is 31.9 Å². The van der Waals surface area contributed by atoms with E-state index in [0.717, 1.165) is 59.7 Å². The number of nitrogens with zero attached hydrogens (tertiary/aromatic N) is 1. The lowest BCUT2D eigenvalue weighted by Gasteiger charge is -2.23. The second-order valence-corrected chi connectivity index (χ2v) is 11.4. The molecule has 188 valence electrons. The summed E-state index contributed by atoms with van der Waals surface area (Å²) in [5, 5.41) is 5.22. The average Bonchev–Trinajstić information content (AvgIpc) is 3.39. The number of sulfonamides is 1. The number of imide groups is 1. The molecule has 3 amide bonds. The highest BCUT2D eigenvalue weighted by molar-refractivity contribution is 7.89. The predicted octanol–water partition coefficient (Wildman–Crippen LogP) is 3.44. The molecule has 0 radical (unpaired) electrons. The van der Waals surface area contributed by atoms with Crippen molar-refractivity contribution in [1.29, 1.82) is 0 Å². The van der Waals surface area contributed by atoms with Crippen LogP contribution >= 0.6 is 11.3 Å². The molecule has 1 fully saturated rings. The molecule has 1 aromatic carbocycles. The monoisotopic (exact) mass is 523 g/mol. The number of anilines is 1. The predicted molar refractivity (Wildman–Crippen MR) is 127 cm³/mol. The molecule has 2 aromatic rings. The van der Waals surface area contributed by atoms with Gasteiger partial charge in [0.2, 0.25) is 15.9 Å². The van der Waals surface area contributed by atoms with E-state index in [9.17, 15) is 27.2 Å². The number of benzene rings is 1. The third kappa shape index (κ3) is 5.24. The van der Waals surface area contributed by atoms with Gasteiger partial charge < -0.3 is 10.1 Å². The van der Waals surface area contributed by atoms with Crippen molar-refractivity contribution in [3.05, 3.63) is 46.1 Å². The first-order chi connectivity index (χ1) is 16.7. The summed E-state index contributed by atoms with van der Waals surface area (Å²) in [6.07, 6.45) is 4.11. The fourth-order valence-corrected chi connectivity index (χ4v) is 7.45. The van der Waals surface area contributed by atoms with Gasteiger partial charge in [-0.15, -0.1) is 11.3 Å². The van der Waals surface area contributed by atoms with Gasteiger partial charge in [0.05, 0.1) is 17.6 Å². The van der Waals surface area contributed by atoms with Gasteiger partial charge in [-0.25, -0.2) is 17.6 Å². The highest BCUT2D eigenvalue weighted by Crippen LogP contribution is 2.38. The number of ether oxygens (including phenoxy) is 1.